The molecule has 1 saturated heterocycles. The lowest BCUT2D eigenvalue weighted by Gasteiger charge is -2.63. The molecule has 2 bridgehead atoms. The Labute approximate surface area is 245 Å². The number of ether oxygens (including phenoxy) is 2. The van der Waals surface area contributed by atoms with Gasteiger partial charge in [-0.15, -0.1) is 0 Å². The first-order chi connectivity index (χ1) is 20.2. The summed E-state index contributed by atoms with van der Waals surface area (Å²) < 4.78 is 19.1. The van der Waals surface area contributed by atoms with Crippen molar-refractivity contribution in [1.82, 2.24) is 15.0 Å². The van der Waals surface area contributed by atoms with Gasteiger partial charge in [-0.1, -0.05) is 61.5 Å². The van der Waals surface area contributed by atoms with Crippen LogP contribution in [0.4, 0.5) is 0 Å². The number of aromatic nitrogens is 2. The number of piperidine rings is 1. The van der Waals surface area contributed by atoms with Gasteiger partial charge in [0.25, 0.3) is 0 Å². The van der Waals surface area contributed by atoms with Crippen LogP contribution in [0.5, 0.6) is 5.75 Å². The van der Waals surface area contributed by atoms with Gasteiger partial charge in [0.1, 0.15) is 11.4 Å². The fourth-order valence-corrected chi connectivity index (χ4v) is 8.47. The summed E-state index contributed by atoms with van der Waals surface area (Å²) in [4.78, 5) is 34.9. The van der Waals surface area contributed by atoms with E-state index in [0.717, 1.165) is 48.4 Å². The third-order valence-corrected chi connectivity index (χ3v) is 10.7. The molecule has 3 aromatic rings. The third-order valence-electron chi connectivity index (χ3n) is 10.7. The van der Waals surface area contributed by atoms with E-state index in [2.05, 4.69) is 27.2 Å². The maximum absolute atomic E-state index is 14.1. The number of rotatable bonds is 7. The maximum Gasteiger partial charge on any atom is 0.307 e. The molecular weight excluding hydrogens is 530 g/mol. The molecule has 1 spiro atoms. The van der Waals surface area contributed by atoms with Gasteiger partial charge in [-0.05, 0) is 62.6 Å². The summed E-state index contributed by atoms with van der Waals surface area (Å²) in [6.45, 7) is 7.83. The molecule has 8 heteroatoms. The summed E-state index contributed by atoms with van der Waals surface area (Å²) in [5.74, 6) is 2.27. The molecule has 2 saturated carbocycles. The van der Waals surface area contributed by atoms with Crippen LogP contribution >= 0.6 is 0 Å². The molecule has 1 unspecified atom stereocenters. The number of aryl methyl sites for hydroxylation is 1. The number of nitrogens with zero attached hydrogens (tertiary/aromatic N) is 3. The van der Waals surface area contributed by atoms with E-state index in [9.17, 15) is 9.59 Å². The van der Waals surface area contributed by atoms with E-state index in [1.165, 1.54) is 18.4 Å². The van der Waals surface area contributed by atoms with Gasteiger partial charge < -0.3 is 14.0 Å². The Morgan fingerprint density at radius 3 is 2.74 bits per heavy atom. The predicted octanol–water partition coefficient (Wildman–Crippen LogP) is 5.10. The minimum atomic E-state index is -0.831. The lowest BCUT2D eigenvalue weighted by atomic mass is 9.48. The molecule has 3 aliphatic carbocycles. The standard InChI is InChI=1S/C34H37N3O5/c1-20-9-12-23-17-25-34(41-26(39)18-32(2,3)31-35-30(36-42-31)22-7-5-4-6-8-22)14-13-24(38)29-33(34,27(23)28(20)40-29)15-16-37(25)19-21-10-11-21/h4-9,12,21,25,29H,10-11,13-19H2,1-3H3/t25-,29?,33+,34-/m1/s1. The average molecular weight is 568 g/mol. The second-order valence-corrected chi connectivity index (χ2v) is 13.8. The van der Waals surface area contributed by atoms with Crippen molar-refractivity contribution in [3.63, 3.8) is 0 Å². The molecule has 8 nitrogen and oxygen atoms in total. The zero-order chi connectivity index (χ0) is 28.9. The fraction of sp³-hybridized carbons (Fsp3) is 0.529. The van der Waals surface area contributed by atoms with Gasteiger partial charge in [0.05, 0.1) is 23.3 Å². The summed E-state index contributed by atoms with van der Waals surface area (Å²) in [5.41, 5.74) is 2.03. The maximum atomic E-state index is 14.1. The molecule has 3 fully saturated rings. The van der Waals surface area contributed by atoms with Crippen LogP contribution < -0.4 is 4.74 Å². The highest BCUT2D eigenvalue weighted by molar-refractivity contribution is 5.90. The molecule has 4 atom stereocenters. The average Bonchev–Trinajstić information content (AvgIpc) is 3.49. The van der Waals surface area contributed by atoms with Gasteiger partial charge in [-0.2, -0.15) is 4.98 Å². The fourth-order valence-electron chi connectivity index (χ4n) is 8.47. The van der Waals surface area contributed by atoms with Crippen LogP contribution in [0.1, 0.15) is 75.0 Å². The van der Waals surface area contributed by atoms with Gasteiger partial charge >= 0.3 is 5.97 Å². The van der Waals surface area contributed by atoms with E-state index in [1.807, 2.05) is 51.1 Å². The van der Waals surface area contributed by atoms with Crippen LogP contribution in [0.3, 0.4) is 0 Å². The molecule has 42 heavy (non-hydrogen) atoms. The Bertz CT molecular complexity index is 1590. The minimum absolute atomic E-state index is 0.00681. The monoisotopic (exact) mass is 567 g/mol. The minimum Gasteiger partial charge on any atom is -0.481 e. The lowest BCUT2D eigenvalue weighted by Crippen LogP contribution is -2.77. The molecule has 0 N–H and O–H groups in total. The Hall–Kier alpha value is -3.52. The molecule has 0 radical (unpaired) electrons. The molecule has 218 valence electrons. The molecule has 5 aliphatic rings. The lowest BCUT2D eigenvalue weighted by molar-refractivity contribution is -0.217. The van der Waals surface area contributed by atoms with Crippen LogP contribution in [0.2, 0.25) is 0 Å². The Morgan fingerprint density at radius 2 is 1.95 bits per heavy atom. The summed E-state index contributed by atoms with van der Waals surface area (Å²) in [6.07, 6.45) is 4.40. The highest BCUT2D eigenvalue weighted by atomic mass is 16.6. The van der Waals surface area contributed by atoms with E-state index in [0.29, 0.717) is 30.5 Å². The number of carbonyl (C=O) groups excluding carboxylic acids is 2. The van der Waals surface area contributed by atoms with Gasteiger partial charge in [0.15, 0.2) is 11.9 Å². The topological polar surface area (TPSA) is 94.8 Å². The van der Waals surface area contributed by atoms with Crippen molar-refractivity contribution in [2.75, 3.05) is 13.1 Å². The van der Waals surface area contributed by atoms with Crippen molar-refractivity contribution in [3.8, 4) is 17.1 Å². The second-order valence-electron chi connectivity index (χ2n) is 13.8. The molecule has 0 amide bonds. The molecule has 1 aromatic heterocycles. The summed E-state index contributed by atoms with van der Waals surface area (Å²) >= 11 is 0. The SMILES string of the molecule is Cc1ccc2c3c1OC1C(=O)CC[C@@]4(OC(=O)CC(C)(C)c5nc(-c6ccccc6)no5)[C@@H](C2)N(CC2CC2)CC[C@]314. The number of ketones is 1. The van der Waals surface area contributed by atoms with Crippen molar-refractivity contribution in [3.05, 3.63) is 65.0 Å². The number of hydrogen-bond donors (Lipinski definition) is 0. The first-order valence-electron chi connectivity index (χ1n) is 15.4. The van der Waals surface area contributed by atoms with Gasteiger partial charge in [0, 0.05) is 24.1 Å². The molecule has 2 aliphatic heterocycles. The quantitative estimate of drug-likeness (QED) is 0.364. The van der Waals surface area contributed by atoms with Crippen molar-refractivity contribution >= 4 is 11.8 Å². The second kappa shape index (κ2) is 8.99. The predicted molar refractivity (Wildman–Crippen MR) is 154 cm³/mol. The Morgan fingerprint density at radius 1 is 1.14 bits per heavy atom. The van der Waals surface area contributed by atoms with Crippen LogP contribution in [-0.2, 0) is 31.6 Å². The van der Waals surface area contributed by atoms with Crippen molar-refractivity contribution in [2.24, 2.45) is 5.92 Å². The number of esters is 1. The first kappa shape index (κ1) is 26.1. The largest absolute Gasteiger partial charge is 0.481 e. The van der Waals surface area contributed by atoms with Gasteiger partial charge in [-0.3, -0.25) is 14.5 Å². The summed E-state index contributed by atoms with van der Waals surface area (Å²) in [6, 6.07) is 14.0. The van der Waals surface area contributed by atoms with E-state index in [-0.39, 0.29) is 24.2 Å². The molecule has 8 rings (SSSR count). The number of Topliss-reactive ketones (excluding diaryl/α,β-unsaturated/α-hetero) is 1. The number of carbonyl (C=O) groups is 2. The normalized spacial score (nSPS) is 29.6. The van der Waals surface area contributed by atoms with Crippen molar-refractivity contribution in [1.29, 1.82) is 0 Å². The number of hydrogen-bond acceptors (Lipinski definition) is 8. The van der Waals surface area contributed by atoms with Crippen LogP contribution in [0, 0.1) is 12.8 Å². The zero-order valence-corrected chi connectivity index (χ0v) is 24.5. The first-order valence-corrected chi connectivity index (χ1v) is 15.4. The summed E-state index contributed by atoms with van der Waals surface area (Å²) in [7, 11) is 0. The molecule has 3 heterocycles. The smallest absolute Gasteiger partial charge is 0.307 e. The van der Waals surface area contributed by atoms with E-state index in [1.54, 1.807) is 0 Å². The van der Waals surface area contributed by atoms with Crippen LogP contribution in [0.15, 0.2) is 47.0 Å². The van der Waals surface area contributed by atoms with Gasteiger partial charge in [-0.25, -0.2) is 0 Å². The highest BCUT2D eigenvalue weighted by Gasteiger charge is 2.75. The molecular formula is C34H37N3O5. The highest BCUT2D eigenvalue weighted by Crippen LogP contribution is 2.65. The number of likely N-dealkylation sites (tertiary alicyclic amines) is 1. The summed E-state index contributed by atoms with van der Waals surface area (Å²) in [5, 5.41) is 4.19. The van der Waals surface area contributed by atoms with E-state index >= 15 is 0 Å². The third kappa shape index (κ3) is 3.63. The van der Waals surface area contributed by atoms with Crippen LogP contribution in [-0.4, -0.2) is 57.6 Å². The number of benzene rings is 2. The van der Waals surface area contributed by atoms with Crippen molar-refractivity contribution < 1.29 is 23.6 Å². The Balaban J connectivity index is 1.16. The van der Waals surface area contributed by atoms with Crippen LogP contribution in [0.25, 0.3) is 11.4 Å². The van der Waals surface area contributed by atoms with E-state index < -0.39 is 22.5 Å². The zero-order valence-electron chi connectivity index (χ0n) is 24.5. The Kier molecular flexibility index (Phi) is 5.59. The van der Waals surface area contributed by atoms with E-state index in [4.69, 9.17) is 14.0 Å². The molecule has 2 aromatic carbocycles. The van der Waals surface area contributed by atoms with Crippen molar-refractivity contribution in [2.45, 2.75) is 94.3 Å². The van der Waals surface area contributed by atoms with Gasteiger partial charge in [0.2, 0.25) is 11.7 Å².